The molecule has 1 aromatic heterocycles. The molecule has 1 atom stereocenters. The number of nitrogens with two attached hydrogens (primary N) is 1. The van der Waals surface area contributed by atoms with Crippen molar-refractivity contribution in [2.24, 2.45) is 0 Å². The molecular formula is C15H22N4O2. The maximum Gasteiger partial charge on any atom is 0.407 e. The van der Waals surface area contributed by atoms with E-state index in [1.54, 1.807) is 0 Å². The number of carbonyl (C=O) groups is 1. The SMILES string of the molecule is CC(Cn1c(N)nc2ccccc21)NC(=O)OC(C)(C)C. The van der Waals surface area contributed by atoms with Gasteiger partial charge in [-0.3, -0.25) is 0 Å². The highest BCUT2D eigenvalue weighted by molar-refractivity contribution is 5.78. The second-order valence-corrected chi connectivity index (χ2v) is 6.12. The van der Waals surface area contributed by atoms with E-state index in [9.17, 15) is 4.79 Å². The van der Waals surface area contributed by atoms with Crippen LogP contribution in [0.5, 0.6) is 0 Å². The molecule has 114 valence electrons. The lowest BCUT2D eigenvalue weighted by atomic mass is 10.2. The van der Waals surface area contributed by atoms with Gasteiger partial charge in [-0.15, -0.1) is 0 Å². The molecule has 1 unspecified atom stereocenters. The number of anilines is 1. The van der Waals surface area contributed by atoms with Crippen LogP contribution < -0.4 is 11.1 Å². The van der Waals surface area contributed by atoms with Crippen LogP contribution in [-0.2, 0) is 11.3 Å². The molecule has 1 aromatic carbocycles. The summed E-state index contributed by atoms with van der Waals surface area (Å²) in [5.41, 5.74) is 7.23. The number of nitrogens with one attached hydrogen (secondary N) is 1. The molecule has 1 heterocycles. The molecule has 0 saturated heterocycles. The van der Waals surface area contributed by atoms with Crippen LogP contribution in [0, 0.1) is 0 Å². The van der Waals surface area contributed by atoms with E-state index in [1.807, 2.05) is 56.5 Å². The molecule has 3 N–H and O–H groups in total. The highest BCUT2D eigenvalue weighted by Gasteiger charge is 2.18. The summed E-state index contributed by atoms with van der Waals surface area (Å²) in [5.74, 6) is 0.439. The number of nitrogen functional groups attached to an aromatic ring is 1. The smallest absolute Gasteiger partial charge is 0.407 e. The predicted octanol–water partition coefficient (Wildman–Crippen LogP) is 2.53. The maximum atomic E-state index is 11.8. The lowest BCUT2D eigenvalue weighted by molar-refractivity contribution is 0.0504. The third-order valence-corrected chi connectivity index (χ3v) is 2.90. The van der Waals surface area contributed by atoms with Crippen molar-refractivity contribution in [2.75, 3.05) is 5.73 Å². The quantitative estimate of drug-likeness (QED) is 0.910. The van der Waals surface area contributed by atoms with Gasteiger partial charge in [0.15, 0.2) is 0 Å². The fourth-order valence-electron chi connectivity index (χ4n) is 2.11. The molecule has 0 aliphatic carbocycles. The normalized spacial score (nSPS) is 13.1. The summed E-state index contributed by atoms with van der Waals surface area (Å²) in [5, 5.41) is 2.80. The number of para-hydroxylation sites is 2. The van der Waals surface area contributed by atoms with E-state index >= 15 is 0 Å². The summed E-state index contributed by atoms with van der Waals surface area (Å²) in [6.45, 7) is 7.93. The minimum atomic E-state index is -0.509. The van der Waals surface area contributed by atoms with E-state index in [2.05, 4.69) is 10.3 Å². The lowest BCUT2D eigenvalue weighted by Crippen LogP contribution is -2.39. The van der Waals surface area contributed by atoms with Gasteiger partial charge in [0.25, 0.3) is 0 Å². The van der Waals surface area contributed by atoms with Crippen molar-refractivity contribution in [1.82, 2.24) is 14.9 Å². The monoisotopic (exact) mass is 290 g/mol. The Morgan fingerprint density at radius 2 is 2.10 bits per heavy atom. The van der Waals surface area contributed by atoms with Gasteiger partial charge in [-0.1, -0.05) is 12.1 Å². The summed E-state index contributed by atoms with van der Waals surface area (Å²) in [6.07, 6.45) is -0.432. The molecule has 2 rings (SSSR count). The van der Waals surface area contributed by atoms with Crippen LogP contribution in [0.3, 0.4) is 0 Å². The summed E-state index contributed by atoms with van der Waals surface area (Å²) in [4.78, 5) is 16.1. The van der Waals surface area contributed by atoms with Crippen LogP contribution in [0.15, 0.2) is 24.3 Å². The summed E-state index contributed by atoms with van der Waals surface area (Å²) >= 11 is 0. The van der Waals surface area contributed by atoms with Crippen LogP contribution in [0.25, 0.3) is 11.0 Å². The number of aromatic nitrogens is 2. The second-order valence-electron chi connectivity index (χ2n) is 6.12. The lowest BCUT2D eigenvalue weighted by Gasteiger charge is -2.22. The van der Waals surface area contributed by atoms with E-state index in [4.69, 9.17) is 10.5 Å². The Bertz CT molecular complexity index is 643. The molecule has 0 bridgehead atoms. The number of amides is 1. The Kier molecular flexibility index (Phi) is 4.06. The molecule has 0 spiro atoms. The fraction of sp³-hybridized carbons (Fsp3) is 0.467. The first-order valence-corrected chi connectivity index (χ1v) is 6.96. The molecular weight excluding hydrogens is 268 g/mol. The average molecular weight is 290 g/mol. The van der Waals surface area contributed by atoms with Crippen LogP contribution in [0.1, 0.15) is 27.7 Å². The standard InChI is InChI=1S/C15H22N4O2/c1-10(17-14(20)21-15(2,3)4)9-19-12-8-6-5-7-11(12)18-13(19)16/h5-8,10H,9H2,1-4H3,(H2,16,18)(H,17,20). The Morgan fingerprint density at radius 1 is 1.43 bits per heavy atom. The fourth-order valence-corrected chi connectivity index (χ4v) is 2.11. The number of fused-ring (bicyclic) bond motifs is 1. The van der Waals surface area contributed by atoms with Gasteiger partial charge in [0.2, 0.25) is 5.95 Å². The number of rotatable bonds is 3. The first-order valence-electron chi connectivity index (χ1n) is 6.96. The van der Waals surface area contributed by atoms with Gasteiger partial charge in [-0.25, -0.2) is 9.78 Å². The third-order valence-electron chi connectivity index (χ3n) is 2.90. The van der Waals surface area contributed by atoms with Gasteiger partial charge in [0.05, 0.1) is 11.0 Å². The number of imidazole rings is 1. The summed E-state index contributed by atoms with van der Waals surface area (Å²) in [6, 6.07) is 7.60. The molecule has 21 heavy (non-hydrogen) atoms. The minimum absolute atomic E-state index is 0.125. The third kappa shape index (κ3) is 3.87. The zero-order valence-electron chi connectivity index (χ0n) is 12.9. The van der Waals surface area contributed by atoms with Crippen LogP contribution in [-0.4, -0.2) is 27.3 Å². The van der Waals surface area contributed by atoms with Gasteiger partial charge in [0, 0.05) is 12.6 Å². The molecule has 1 amide bonds. The summed E-state index contributed by atoms with van der Waals surface area (Å²) < 4.78 is 7.13. The molecule has 2 aromatic rings. The number of carbonyl (C=O) groups excluding carboxylic acids is 1. The summed E-state index contributed by atoms with van der Waals surface area (Å²) in [7, 11) is 0. The van der Waals surface area contributed by atoms with Crippen molar-refractivity contribution in [1.29, 1.82) is 0 Å². The Hall–Kier alpha value is -2.24. The number of ether oxygens (including phenoxy) is 1. The predicted molar refractivity (Wildman–Crippen MR) is 83.0 cm³/mol. The van der Waals surface area contributed by atoms with E-state index in [0.29, 0.717) is 12.5 Å². The van der Waals surface area contributed by atoms with E-state index in [-0.39, 0.29) is 6.04 Å². The molecule has 6 nitrogen and oxygen atoms in total. The number of hydrogen-bond acceptors (Lipinski definition) is 4. The van der Waals surface area contributed by atoms with Crippen molar-refractivity contribution in [2.45, 2.75) is 45.9 Å². The van der Waals surface area contributed by atoms with E-state index in [1.165, 1.54) is 0 Å². The van der Waals surface area contributed by atoms with Crippen LogP contribution in [0.2, 0.25) is 0 Å². The molecule has 6 heteroatoms. The zero-order valence-corrected chi connectivity index (χ0v) is 12.9. The molecule has 0 saturated carbocycles. The number of nitrogens with zero attached hydrogens (tertiary/aromatic N) is 2. The van der Waals surface area contributed by atoms with Gasteiger partial charge in [0.1, 0.15) is 5.60 Å². The van der Waals surface area contributed by atoms with E-state index in [0.717, 1.165) is 11.0 Å². The molecule has 0 radical (unpaired) electrons. The van der Waals surface area contributed by atoms with Gasteiger partial charge >= 0.3 is 6.09 Å². The average Bonchev–Trinajstić information content (AvgIpc) is 2.63. The van der Waals surface area contributed by atoms with Gasteiger partial charge in [-0.2, -0.15) is 0 Å². The van der Waals surface area contributed by atoms with Crippen LogP contribution in [0.4, 0.5) is 10.7 Å². The Morgan fingerprint density at radius 3 is 2.76 bits per heavy atom. The zero-order chi connectivity index (χ0) is 15.6. The first-order chi connectivity index (χ1) is 9.76. The Labute approximate surface area is 124 Å². The number of alkyl carbamates (subject to hydrolysis) is 1. The highest BCUT2D eigenvalue weighted by atomic mass is 16.6. The van der Waals surface area contributed by atoms with E-state index < -0.39 is 11.7 Å². The molecule has 0 fully saturated rings. The highest BCUT2D eigenvalue weighted by Crippen LogP contribution is 2.17. The van der Waals surface area contributed by atoms with Crippen molar-refractivity contribution < 1.29 is 9.53 Å². The minimum Gasteiger partial charge on any atom is -0.444 e. The second kappa shape index (κ2) is 5.63. The largest absolute Gasteiger partial charge is 0.444 e. The van der Waals surface area contributed by atoms with Gasteiger partial charge < -0.3 is 20.4 Å². The van der Waals surface area contributed by atoms with Crippen molar-refractivity contribution in [3.05, 3.63) is 24.3 Å². The van der Waals surface area contributed by atoms with Gasteiger partial charge in [-0.05, 0) is 39.8 Å². The van der Waals surface area contributed by atoms with Crippen molar-refractivity contribution >= 4 is 23.1 Å². The molecule has 0 aliphatic heterocycles. The first kappa shape index (κ1) is 15.2. The topological polar surface area (TPSA) is 82.2 Å². The van der Waals surface area contributed by atoms with Crippen molar-refractivity contribution in [3.8, 4) is 0 Å². The Balaban J connectivity index is 2.06. The molecule has 0 aliphatic rings. The van der Waals surface area contributed by atoms with Crippen LogP contribution >= 0.6 is 0 Å². The number of benzene rings is 1. The number of hydrogen-bond donors (Lipinski definition) is 2. The van der Waals surface area contributed by atoms with Crippen molar-refractivity contribution in [3.63, 3.8) is 0 Å². The maximum absolute atomic E-state index is 11.8.